The van der Waals surface area contributed by atoms with Crippen LogP contribution in [0, 0.1) is 5.92 Å². The minimum absolute atomic E-state index is 0.0908. The van der Waals surface area contributed by atoms with Crippen LogP contribution < -0.4 is 15.8 Å². The summed E-state index contributed by atoms with van der Waals surface area (Å²) in [5.74, 6) is 1.26. The van der Waals surface area contributed by atoms with Gasteiger partial charge in [-0.2, -0.15) is 0 Å². The Morgan fingerprint density at radius 2 is 2.05 bits per heavy atom. The molecule has 112 valence electrons. The second-order valence-electron chi connectivity index (χ2n) is 5.44. The lowest BCUT2D eigenvalue weighted by molar-refractivity contribution is -0.121. The molecule has 2 atom stereocenters. The molecule has 0 aliphatic rings. The first-order chi connectivity index (χ1) is 9.52. The number of methoxy groups -OCH3 is 1. The van der Waals surface area contributed by atoms with Gasteiger partial charge in [0, 0.05) is 19.0 Å². The van der Waals surface area contributed by atoms with E-state index in [4.69, 9.17) is 10.5 Å². The van der Waals surface area contributed by atoms with Gasteiger partial charge in [-0.25, -0.2) is 0 Å². The van der Waals surface area contributed by atoms with Gasteiger partial charge in [0.2, 0.25) is 5.91 Å². The topological polar surface area (TPSA) is 64.3 Å². The highest BCUT2D eigenvalue weighted by atomic mass is 16.5. The summed E-state index contributed by atoms with van der Waals surface area (Å²) in [6.45, 7) is 4.67. The Labute approximate surface area is 121 Å². The van der Waals surface area contributed by atoms with Crippen LogP contribution in [-0.4, -0.2) is 25.6 Å². The zero-order valence-corrected chi connectivity index (χ0v) is 12.7. The first-order valence-electron chi connectivity index (χ1n) is 7.17. The molecule has 0 bridgehead atoms. The van der Waals surface area contributed by atoms with E-state index in [9.17, 15) is 4.79 Å². The maximum absolute atomic E-state index is 11.8. The first kappa shape index (κ1) is 16.5. The van der Waals surface area contributed by atoms with E-state index in [1.807, 2.05) is 31.2 Å². The highest BCUT2D eigenvalue weighted by molar-refractivity contribution is 5.76. The maximum atomic E-state index is 11.8. The molecule has 0 aliphatic heterocycles. The number of ether oxygens (including phenoxy) is 1. The fourth-order valence-corrected chi connectivity index (χ4v) is 2.15. The second-order valence-corrected chi connectivity index (χ2v) is 5.44. The standard InChI is InChI=1S/C16H26N2O2/c1-12(11-16(19)18-9-8-13(2)17)10-14-6-4-5-7-15(14)20-3/h4-7,12-13H,8-11,17H2,1-3H3,(H,18,19). The Bertz CT molecular complexity index is 419. The van der Waals surface area contributed by atoms with Gasteiger partial charge in [0.15, 0.2) is 0 Å². The average Bonchev–Trinajstić information content (AvgIpc) is 2.38. The van der Waals surface area contributed by atoms with Crippen molar-refractivity contribution >= 4 is 5.91 Å². The van der Waals surface area contributed by atoms with Crippen LogP contribution in [-0.2, 0) is 11.2 Å². The summed E-state index contributed by atoms with van der Waals surface area (Å²) < 4.78 is 5.33. The van der Waals surface area contributed by atoms with Crippen molar-refractivity contribution in [3.63, 3.8) is 0 Å². The largest absolute Gasteiger partial charge is 0.496 e. The van der Waals surface area contributed by atoms with Crippen molar-refractivity contribution in [2.75, 3.05) is 13.7 Å². The fraction of sp³-hybridized carbons (Fsp3) is 0.562. The van der Waals surface area contributed by atoms with Gasteiger partial charge in [0.05, 0.1) is 7.11 Å². The van der Waals surface area contributed by atoms with E-state index in [0.717, 1.165) is 24.2 Å². The molecule has 0 aliphatic carbocycles. The van der Waals surface area contributed by atoms with E-state index < -0.39 is 0 Å². The quantitative estimate of drug-likeness (QED) is 0.765. The number of carbonyl (C=O) groups excluding carboxylic acids is 1. The number of rotatable bonds is 8. The molecule has 1 aromatic carbocycles. The summed E-state index contributed by atoms with van der Waals surface area (Å²) in [6.07, 6.45) is 2.17. The molecule has 4 heteroatoms. The molecule has 4 nitrogen and oxygen atoms in total. The zero-order chi connectivity index (χ0) is 15.0. The molecule has 20 heavy (non-hydrogen) atoms. The van der Waals surface area contributed by atoms with Crippen molar-refractivity contribution in [3.8, 4) is 5.75 Å². The average molecular weight is 278 g/mol. The third kappa shape index (κ3) is 6.06. The summed E-state index contributed by atoms with van der Waals surface area (Å²) in [4.78, 5) is 11.8. The molecule has 0 spiro atoms. The first-order valence-corrected chi connectivity index (χ1v) is 7.17. The summed E-state index contributed by atoms with van der Waals surface area (Å²) >= 11 is 0. The Morgan fingerprint density at radius 1 is 1.35 bits per heavy atom. The van der Waals surface area contributed by atoms with E-state index in [-0.39, 0.29) is 17.9 Å². The van der Waals surface area contributed by atoms with Gasteiger partial charge in [-0.1, -0.05) is 25.1 Å². The molecule has 0 aromatic heterocycles. The second kappa shape index (κ2) is 8.59. The van der Waals surface area contributed by atoms with Crippen molar-refractivity contribution in [2.45, 2.75) is 39.2 Å². The maximum Gasteiger partial charge on any atom is 0.220 e. The molecule has 0 radical (unpaired) electrons. The highest BCUT2D eigenvalue weighted by Crippen LogP contribution is 2.21. The molecular weight excluding hydrogens is 252 g/mol. The lowest BCUT2D eigenvalue weighted by Crippen LogP contribution is -2.30. The molecule has 1 rings (SSSR count). The van der Waals surface area contributed by atoms with E-state index in [2.05, 4.69) is 12.2 Å². The molecular formula is C16H26N2O2. The van der Waals surface area contributed by atoms with Crippen molar-refractivity contribution < 1.29 is 9.53 Å². The number of amides is 1. The smallest absolute Gasteiger partial charge is 0.220 e. The Kier molecular flexibility index (Phi) is 7.09. The van der Waals surface area contributed by atoms with Crippen LogP contribution in [0.25, 0.3) is 0 Å². The molecule has 2 unspecified atom stereocenters. The number of nitrogens with one attached hydrogen (secondary N) is 1. The van der Waals surface area contributed by atoms with Gasteiger partial charge < -0.3 is 15.8 Å². The number of nitrogens with two attached hydrogens (primary N) is 1. The Hall–Kier alpha value is -1.55. The van der Waals surface area contributed by atoms with Crippen LogP contribution in [0.3, 0.4) is 0 Å². The molecule has 1 aromatic rings. The van der Waals surface area contributed by atoms with Gasteiger partial charge in [-0.15, -0.1) is 0 Å². The minimum Gasteiger partial charge on any atom is -0.496 e. The number of benzene rings is 1. The van der Waals surface area contributed by atoms with Crippen LogP contribution in [0.1, 0.15) is 32.3 Å². The summed E-state index contributed by atoms with van der Waals surface area (Å²) in [6, 6.07) is 8.07. The van der Waals surface area contributed by atoms with Crippen LogP contribution in [0.5, 0.6) is 5.75 Å². The Balaban J connectivity index is 2.39. The van der Waals surface area contributed by atoms with Gasteiger partial charge in [0.25, 0.3) is 0 Å². The number of hydrogen-bond acceptors (Lipinski definition) is 3. The Morgan fingerprint density at radius 3 is 2.70 bits per heavy atom. The van der Waals surface area contributed by atoms with Gasteiger partial charge >= 0.3 is 0 Å². The van der Waals surface area contributed by atoms with Crippen LogP contribution in [0.15, 0.2) is 24.3 Å². The SMILES string of the molecule is COc1ccccc1CC(C)CC(=O)NCCC(C)N. The highest BCUT2D eigenvalue weighted by Gasteiger charge is 2.12. The molecule has 1 amide bonds. The van der Waals surface area contributed by atoms with Crippen LogP contribution in [0.2, 0.25) is 0 Å². The molecule has 0 saturated carbocycles. The van der Waals surface area contributed by atoms with Crippen molar-refractivity contribution in [3.05, 3.63) is 29.8 Å². The summed E-state index contributed by atoms with van der Waals surface area (Å²) in [5.41, 5.74) is 6.79. The van der Waals surface area contributed by atoms with Crippen molar-refractivity contribution in [2.24, 2.45) is 11.7 Å². The molecule has 3 N–H and O–H groups in total. The number of hydrogen-bond donors (Lipinski definition) is 2. The predicted molar refractivity (Wildman–Crippen MR) is 81.8 cm³/mol. The lowest BCUT2D eigenvalue weighted by atomic mass is 9.97. The normalized spacial score (nSPS) is 13.6. The van der Waals surface area contributed by atoms with E-state index in [0.29, 0.717) is 13.0 Å². The van der Waals surface area contributed by atoms with E-state index >= 15 is 0 Å². The summed E-state index contributed by atoms with van der Waals surface area (Å²) in [7, 11) is 1.67. The van der Waals surface area contributed by atoms with Crippen LogP contribution >= 0.6 is 0 Å². The third-order valence-electron chi connectivity index (χ3n) is 3.22. The van der Waals surface area contributed by atoms with Crippen molar-refractivity contribution in [1.29, 1.82) is 0 Å². The number of para-hydroxylation sites is 1. The van der Waals surface area contributed by atoms with E-state index in [1.54, 1.807) is 7.11 Å². The molecule has 0 saturated heterocycles. The third-order valence-corrected chi connectivity index (χ3v) is 3.22. The van der Waals surface area contributed by atoms with Gasteiger partial charge in [0.1, 0.15) is 5.75 Å². The monoisotopic (exact) mass is 278 g/mol. The lowest BCUT2D eigenvalue weighted by Gasteiger charge is -2.14. The molecule has 0 fully saturated rings. The number of carbonyl (C=O) groups is 1. The fourth-order valence-electron chi connectivity index (χ4n) is 2.15. The van der Waals surface area contributed by atoms with Crippen molar-refractivity contribution in [1.82, 2.24) is 5.32 Å². The van der Waals surface area contributed by atoms with Gasteiger partial charge in [-0.05, 0) is 37.3 Å². The van der Waals surface area contributed by atoms with Gasteiger partial charge in [-0.3, -0.25) is 4.79 Å². The zero-order valence-electron chi connectivity index (χ0n) is 12.7. The van der Waals surface area contributed by atoms with Crippen LogP contribution in [0.4, 0.5) is 0 Å². The van der Waals surface area contributed by atoms with E-state index in [1.165, 1.54) is 0 Å². The predicted octanol–water partition coefficient (Wildman–Crippen LogP) is 2.12. The molecule has 0 heterocycles. The summed E-state index contributed by atoms with van der Waals surface area (Å²) in [5, 5.41) is 2.91. The minimum atomic E-state index is 0.0908.